The maximum absolute atomic E-state index is 12.5. The highest BCUT2D eigenvalue weighted by Gasteiger charge is 2.15. The van der Waals surface area contributed by atoms with Crippen LogP contribution in [0.25, 0.3) is 10.8 Å². The van der Waals surface area contributed by atoms with Gasteiger partial charge in [-0.15, -0.1) is 11.8 Å². The zero-order valence-corrected chi connectivity index (χ0v) is 13.5. The van der Waals surface area contributed by atoms with Gasteiger partial charge >= 0.3 is 0 Å². The van der Waals surface area contributed by atoms with Crippen molar-refractivity contribution in [1.82, 2.24) is 0 Å². The number of hydrogen-bond acceptors (Lipinski definition) is 2. The summed E-state index contributed by atoms with van der Waals surface area (Å²) >= 11 is 1.84. The van der Waals surface area contributed by atoms with Gasteiger partial charge in [0.15, 0.2) is 0 Å². The molecule has 1 atom stereocenters. The van der Waals surface area contributed by atoms with Crippen LogP contribution >= 0.6 is 11.8 Å². The molecule has 0 saturated heterocycles. The molecule has 2 aromatic rings. The van der Waals surface area contributed by atoms with E-state index in [9.17, 15) is 4.21 Å². The van der Waals surface area contributed by atoms with Crippen LogP contribution in [0.4, 0.5) is 0 Å². The van der Waals surface area contributed by atoms with E-state index in [-0.39, 0.29) is 5.25 Å². The molecule has 0 spiro atoms. The van der Waals surface area contributed by atoms with E-state index in [1.54, 1.807) is 0 Å². The summed E-state index contributed by atoms with van der Waals surface area (Å²) in [7, 11) is -0.948. The largest absolute Gasteiger partial charge is 0.254 e. The molecule has 0 heterocycles. The average molecular weight is 292 g/mol. The Hall–Kier alpha value is -0.800. The van der Waals surface area contributed by atoms with E-state index < -0.39 is 10.8 Å². The van der Waals surface area contributed by atoms with Crippen molar-refractivity contribution in [3.63, 3.8) is 0 Å². The van der Waals surface area contributed by atoms with Gasteiger partial charge in [-0.3, -0.25) is 4.21 Å². The van der Waals surface area contributed by atoms with Gasteiger partial charge < -0.3 is 0 Å². The molecule has 2 aromatic carbocycles. The van der Waals surface area contributed by atoms with Crippen molar-refractivity contribution in [2.75, 3.05) is 0 Å². The molecule has 0 aliphatic rings. The van der Waals surface area contributed by atoms with Crippen LogP contribution in [0.1, 0.15) is 27.7 Å². The zero-order chi connectivity index (χ0) is 14.0. The molecule has 2 rings (SSSR count). The fraction of sp³-hybridized carbons (Fsp3) is 0.375. The maximum atomic E-state index is 12.5. The summed E-state index contributed by atoms with van der Waals surface area (Å²) in [6.07, 6.45) is 0. The van der Waals surface area contributed by atoms with Crippen molar-refractivity contribution in [2.45, 2.75) is 48.0 Å². The molecule has 3 heteroatoms. The number of benzene rings is 2. The van der Waals surface area contributed by atoms with E-state index in [1.165, 1.54) is 10.3 Å². The average Bonchev–Trinajstić information content (AvgIpc) is 2.36. The van der Waals surface area contributed by atoms with Crippen LogP contribution in [0.2, 0.25) is 0 Å². The minimum atomic E-state index is -0.948. The van der Waals surface area contributed by atoms with Crippen LogP contribution in [-0.4, -0.2) is 14.7 Å². The van der Waals surface area contributed by atoms with Crippen LogP contribution < -0.4 is 0 Å². The van der Waals surface area contributed by atoms with Crippen LogP contribution in [0.3, 0.4) is 0 Å². The Labute approximate surface area is 122 Å². The first-order chi connectivity index (χ1) is 9.00. The molecule has 0 aliphatic heterocycles. The predicted molar refractivity (Wildman–Crippen MR) is 86.5 cm³/mol. The summed E-state index contributed by atoms with van der Waals surface area (Å²) in [6, 6.07) is 12.4. The number of rotatable bonds is 4. The van der Waals surface area contributed by atoms with Gasteiger partial charge in [-0.05, 0) is 17.5 Å². The Kier molecular flexibility index (Phi) is 4.69. The Morgan fingerprint density at radius 2 is 1.63 bits per heavy atom. The molecule has 0 amide bonds. The Balaban J connectivity index is 2.67. The molecule has 0 aliphatic carbocycles. The minimum Gasteiger partial charge on any atom is -0.254 e. The normalized spacial score (nSPS) is 13.4. The molecule has 0 saturated carbocycles. The summed E-state index contributed by atoms with van der Waals surface area (Å²) in [5, 5.41) is 3.00. The monoisotopic (exact) mass is 292 g/mol. The molecule has 0 bridgehead atoms. The van der Waals surface area contributed by atoms with Gasteiger partial charge in [-0.25, -0.2) is 0 Å². The molecule has 1 nitrogen and oxygen atoms in total. The third-order valence-electron chi connectivity index (χ3n) is 2.84. The van der Waals surface area contributed by atoms with E-state index in [1.807, 2.05) is 37.7 Å². The Morgan fingerprint density at radius 1 is 1.00 bits per heavy atom. The molecular formula is C16H20OS2. The first-order valence-corrected chi connectivity index (χ1v) is 8.69. The van der Waals surface area contributed by atoms with E-state index >= 15 is 0 Å². The van der Waals surface area contributed by atoms with Gasteiger partial charge in [0, 0.05) is 25.7 Å². The van der Waals surface area contributed by atoms with Gasteiger partial charge in [0.25, 0.3) is 0 Å². The van der Waals surface area contributed by atoms with E-state index in [0.29, 0.717) is 5.25 Å². The lowest BCUT2D eigenvalue weighted by atomic mass is 10.1. The topological polar surface area (TPSA) is 17.1 Å². The standard InChI is InChI=1S/C16H20OS2/c1-11(2)18-14-9-5-7-13-8-6-10-15(16(13)14)19(17)12(3)4/h5-12H,1-4H3. The van der Waals surface area contributed by atoms with Crippen molar-refractivity contribution in [3.05, 3.63) is 36.4 Å². The minimum absolute atomic E-state index is 0.141. The summed E-state index contributed by atoms with van der Waals surface area (Å²) in [5.74, 6) is 0. The van der Waals surface area contributed by atoms with Gasteiger partial charge in [-0.2, -0.15) is 0 Å². The Morgan fingerprint density at radius 3 is 2.21 bits per heavy atom. The van der Waals surface area contributed by atoms with E-state index in [4.69, 9.17) is 0 Å². The van der Waals surface area contributed by atoms with E-state index in [2.05, 4.69) is 38.1 Å². The molecule has 1 unspecified atom stereocenters. The first kappa shape index (κ1) is 14.6. The third-order valence-corrected chi connectivity index (χ3v) is 5.53. The SMILES string of the molecule is CC(C)Sc1cccc2cccc(S(=O)C(C)C)c12. The molecule has 0 aromatic heterocycles. The maximum Gasteiger partial charge on any atom is 0.0561 e. The third kappa shape index (κ3) is 3.21. The van der Waals surface area contributed by atoms with Gasteiger partial charge in [-0.1, -0.05) is 52.0 Å². The summed E-state index contributed by atoms with van der Waals surface area (Å²) in [6.45, 7) is 8.39. The lowest BCUT2D eigenvalue weighted by Gasteiger charge is -2.14. The highest BCUT2D eigenvalue weighted by molar-refractivity contribution is 8.00. The van der Waals surface area contributed by atoms with Crippen molar-refractivity contribution >= 4 is 33.3 Å². The summed E-state index contributed by atoms with van der Waals surface area (Å²) < 4.78 is 12.5. The van der Waals surface area contributed by atoms with E-state index in [0.717, 1.165) is 10.3 Å². The lowest BCUT2D eigenvalue weighted by Crippen LogP contribution is -2.06. The molecular weight excluding hydrogens is 272 g/mol. The van der Waals surface area contributed by atoms with Gasteiger partial charge in [0.2, 0.25) is 0 Å². The van der Waals surface area contributed by atoms with Crippen molar-refractivity contribution in [3.8, 4) is 0 Å². The van der Waals surface area contributed by atoms with Crippen LogP contribution in [0.15, 0.2) is 46.2 Å². The van der Waals surface area contributed by atoms with Crippen LogP contribution in [-0.2, 0) is 10.8 Å². The predicted octanol–water partition coefficient (Wildman–Crippen LogP) is 4.86. The quantitative estimate of drug-likeness (QED) is 0.749. The van der Waals surface area contributed by atoms with Gasteiger partial charge in [0.05, 0.1) is 10.8 Å². The molecule has 0 fully saturated rings. The molecule has 0 N–H and O–H groups in total. The van der Waals surface area contributed by atoms with Gasteiger partial charge in [0.1, 0.15) is 0 Å². The second kappa shape index (κ2) is 6.10. The second-order valence-corrected chi connectivity index (χ2v) is 8.72. The second-order valence-electron chi connectivity index (χ2n) is 5.12. The fourth-order valence-corrected chi connectivity index (χ4v) is 4.27. The lowest BCUT2D eigenvalue weighted by molar-refractivity contribution is 0.677. The Bertz CT molecular complexity index is 597. The first-order valence-electron chi connectivity index (χ1n) is 6.59. The molecule has 19 heavy (non-hydrogen) atoms. The molecule has 0 radical (unpaired) electrons. The zero-order valence-electron chi connectivity index (χ0n) is 11.8. The highest BCUT2D eigenvalue weighted by atomic mass is 32.2. The smallest absolute Gasteiger partial charge is 0.0561 e. The van der Waals surface area contributed by atoms with Crippen molar-refractivity contribution in [2.24, 2.45) is 0 Å². The van der Waals surface area contributed by atoms with Crippen LogP contribution in [0.5, 0.6) is 0 Å². The number of thioether (sulfide) groups is 1. The highest BCUT2D eigenvalue weighted by Crippen LogP contribution is 2.34. The van der Waals surface area contributed by atoms with Crippen LogP contribution in [0, 0.1) is 0 Å². The number of hydrogen-bond donors (Lipinski definition) is 0. The fourth-order valence-electron chi connectivity index (χ4n) is 2.05. The molecule has 102 valence electrons. The summed E-state index contributed by atoms with van der Waals surface area (Å²) in [5.41, 5.74) is 0. The van der Waals surface area contributed by atoms with Crippen molar-refractivity contribution in [1.29, 1.82) is 0 Å². The van der Waals surface area contributed by atoms with Crippen molar-refractivity contribution < 1.29 is 4.21 Å². The summed E-state index contributed by atoms with van der Waals surface area (Å²) in [4.78, 5) is 2.20. The number of fused-ring (bicyclic) bond motifs is 1.